The zero-order chi connectivity index (χ0) is 28.3. The maximum atomic E-state index is 13.7. The first-order chi connectivity index (χ1) is 17.5. The number of ether oxygens (including phenoxy) is 1. The number of nitrogens with one attached hydrogen (secondary N) is 2. The highest BCUT2D eigenvalue weighted by molar-refractivity contribution is 7.92. The molecule has 0 aliphatic rings. The van der Waals surface area contributed by atoms with Crippen molar-refractivity contribution in [3.05, 3.63) is 65.5 Å². The van der Waals surface area contributed by atoms with E-state index in [4.69, 9.17) is 4.74 Å². The van der Waals surface area contributed by atoms with Gasteiger partial charge >= 0.3 is 12.1 Å². The maximum absolute atomic E-state index is 13.7. The van der Waals surface area contributed by atoms with E-state index >= 15 is 0 Å². The van der Waals surface area contributed by atoms with Crippen molar-refractivity contribution in [1.82, 2.24) is 15.0 Å². The summed E-state index contributed by atoms with van der Waals surface area (Å²) in [6, 6.07) is 9.24. The van der Waals surface area contributed by atoms with Gasteiger partial charge in [-0.25, -0.2) is 23.2 Å². The quantitative estimate of drug-likeness (QED) is 0.386. The van der Waals surface area contributed by atoms with Crippen LogP contribution < -0.4 is 14.9 Å². The van der Waals surface area contributed by atoms with Crippen LogP contribution in [0.3, 0.4) is 0 Å². The van der Waals surface area contributed by atoms with Crippen LogP contribution in [0.2, 0.25) is 0 Å². The number of benzene rings is 1. The van der Waals surface area contributed by atoms with E-state index in [1.54, 1.807) is 39.0 Å². The van der Waals surface area contributed by atoms with Gasteiger partial charge in [-0.1, -0.05) is 12.1 Å². The Morgan fingerprint density at radius 2 is 1.82 bits per heavy atom. The van der Waals surface area contributed by atoms with Gasteiger partial charge < -0.3 is 15.4 Å². The van der Waals surface area contributed by atoms with Gasteiger partial charge in [0.2, 0.25) is 16.0 Å². The molecule has 14 heteroatoms. The molecule has 204 valence electrons. The Bertz CT molecular complexity index is 1430. The van der Waals surface area contributed by atoms with Crippen LogP contribution in [0.15, 0.2) is 48.8 Å². The van der Waals surface area contributed by atoms with Gasteiger partial charge in [0.1, 0.15) is 22.8 Å². The fraction of sp³-hybridized carbons (Fsp3) is 0.333. The number of carbonyl (C=O) groups is 1. The van der Waals surface area contributed by atoms with Gasteiger partial charge in [-0.3, -0.25) is 4.31 Å². The van der Waals surface area contributed by atoms with Gasteiger partial charge in [0.25, 0.3) is 0 Å². The second-order valence-corrected chi connectivity index (χ2v) is 11.2. The smallest absolute Gasteiger partial charge is 0.421 e. The number of rotatable bonds is 8. The standard InChI is InChI=1S/C24H27F3N6O4S/c1-23(2,3)37-21(34)15-8-6-10-17(12-15)31-22-30-14-18(24(25,26)27)19(32-22)29-13-16-9-7-11-28-20(16)33(4)38(5,35)36/h6-12,14H,13H2,1-5H3,(H2,29,30,31,32). The van der Waals surface area contributed by atoms with Crippen molar-refractivity contribution in [2.45, 2.75) is 39.1 Å². The predicted octanol–water partition coefficient (Wildman–Crippen LogP) is 4.60. The highest BCUT2D eigenvalue weighted by Crippen LogP contribution is 2.34. The van der Waals surface area contributed by atoms with Crippen LogP contribution in [0, 0.1) is 0 Å². The number of sulfonamides is 1. The molecule has 2 aromatic heterocycles. The molecule has 2 heterocycles. The van der Waals surface area contributed by atoms with E-state index in [0.717, 1.165) is 10.6 Å². The maximum Gasteiger partial charge on any atom is 0.421 e. The molecule has 2 N–H and O–H groups in total. The van der Waals surface area contributed by atoms with E-state index in [1.807, 2.05) is 0 Å². The Labute approximate surface area is 218 Å². The third kappa shape index (κ3) is 7.54. The average Bonchev–Trinajstić information content (AvgIpc) is 2.80. The summed E-state index contributed by atoms with van der Waals surface area (Å²) in [5.74, 6) is -1.21. The molecule has 0 bridgehead atoms. The summed E-state index contributed by atoms with van der Waals surface area (Å²) in [6.07, 6.45) is -1.78. The molecule has 38 heavy (non-hydrogen) atoms. The summed E-state index contributed by atoms with van der Waals surface area (Å²) in [4.78, 5) is 24.2. The van der Waals surface area contributed by atoms with Crippen LogP contribution in [0.4, 0.5) is 36.4 Å². The number of hydrogen-bond donors (Lipinski definition) is 2. The lowest BCUT2D eigenvalue weighted by Gasteiger charge is -2.20. The summed E-state index contributed by atoms with van der Waals surface area (Å²) < 4.78 is 71.2. The zero-order valence-electron chi connectivity index (χ0n) is 21.3. The SMILES string of the molecule is CN(c1ncccc1CNc1nc(Nc2cccc(C(=O)OC(C)(C)C)c2)ncc1C(F)(F)F)S(C)(=O)=O. The normalized spacial score (nSPS) is 12.1. The molecule has 0 amide bonds. The molecule has 3 rings (SSSR count). The van der Waals surface area contributed by atoms with Crippen LogP contribution in [-0.2, 0) is 27.5 Å². The summed E-state index contributed by atoms with van der Waals surface area (Å²) in [5, 5.41) is 5.41. The average molecular weight is 553 g/mol. The number of carbonyl (C=O) groups excluding carboxylic acids is 1. The Morgan fingerprint density at radius 1 is 1.11 bits per heavy atom. The van der Waals surface area contributed by atoms with Gasteiger partial charge in [-0.05, 0) is 45.0 Å². The van der Waals surface area contributed by atoms with Crippen molar-refractivity contribution in [2.75, 3.05) is 28.2 Å². The van der Waals surface area contributed by atoms with E-state index in [9.17, 15) is 26.4 Å². The highest BCUT2D eigenvalue weighted by Gasteiger charge is 2.35. The molecule has 3 aromatic rings. The van der Waals surface area contributed by atoms with Gasteiger partial charge in [0.15, 0.2) is 0 Å². The first kappa shape index (κ1) is 28.6. The fourth-order valence-electron chi connectivity index (χ4n) is 3.16. The first-order valence-corrected chi connectivity index (χ1v) is 13.1. The number of anilines is 4. The van der Waals surface area contributed by atoms with Crippen LogP contribution in [0.1, 0.15) is 42.3 Å². The third-order valence-corrected chi connectivity index (χ3v) is 6.12. The predicted molar refractivity (Wildman–Crippen MR) is 137 cm³/mol. The monoisotopic (exact) mass is 552 g/mol. The molecule has 0 atom stereocenters. The molecule has 10 nitrogen and oxygen atoms in total. The zero-order valence-corrected chi connectivity index (χ0v) is 22.1. The molecular formula is C24H27F3N6O4S. The van der Waals surface area contributed by atoms with Crippen molar-refractivity contribution in [2.24, 2.45) is 0 Å². The minimum absolute atomic E-state index is 0.0578. The molecular weight excluding hydrogens is 525 g/mol. The van der Waals surface area contributed by atoms with E-state index < -0.39 is 39.2 Å². The van der Waals surface area contributed by atoms with E-state index in [-0.39, 0.29) is 23.9 Å². The minimum Gasteiger partial charge on any atom is -0.456 e. The minimum atomic E-state index is -4.77. The van der Waals surface area contributed by atoms with Crippen LogP contribution in [-0.4, -0.2) is 48.2 Å². The summed E-state index contributed by atoms with van der Waals surface area (Å²) in [7, 11) is -2.37. The topological polar surface area (TPSA) is 126 Å². The highest BCUT2D eigenvalue weighted by atomic mass is 32.2. The van der Waals surface area contributed by atoms with Gasteiger partial charge in [0, 0.05) is 37.2 Å². The molecule has 0 aliphatic heterocycles. The molecule has 0 radical (unpaired) electrons. The molecule has 0 unspecified atom stereocenters. The van der Waals surface area contributed by atoms with Crippen LogP contribution in [0.25, 0.3) is 0 Å². The number of alkyl halides is 3. The number of esters is 1. The van der Waals surface area contributed by atoms with Gasteiger partial charge in [-0.15, -0.1) is 0 Å². The third-order valence-electron chi connectivity index (χ3n) is 4.96. The molecule has 0 fully saturated rings. The fourth-order valence-corrected chi connectivity index (χ4v) is 3.64. The Hall–Kier alpha value is -3.94. The lowest BCUT2D eigenvalue weighted by Crippen LogP contribution is -2.27. The number of hydrogen-bond acceptors (Lipinski definition) is 9. The largest absolute Gasteiger partial charge is 0.456 e. The summed E-state index contributed by atoms with van der Waals surface area (Å²) in [5.41, 5.74) is -0.918. The molecule has 0 spiro atoms. The lowest BCUT2D eigenvalue weighted by molar-refractivity contribution is -0.137. The van der Waals surface area contributed by atoms with E-state index in [0.29, 0.717) is 17.4 Å². The molecule has 0 saturated carbocycles. The van der Waals surface area contributed by atoms with Crippen molar-refractivity contribution in [3.8, 4) is 0 Å². The second kappa shape index (κ2) is 10.8. The van der Waals surface area contributed by atoms with Crippen molar-refractivity contribution >= 4 is 39.3 Å². The van der Waals surface area contributed by atoms with Crippen molar-refractivity contribution in [1.29, 1.82) is 0 Å². The van der Waals surface area contributed by atoms with Gasteiger partial charge in [-0.2, -0.15) is 18.2 Å². The van der Waals surface area contributed by atoms with Crippen LogP contribution in [0.5, 0.6) is 0 Å². The lowest BCUT2D eigenvalue weighted by atomic mass is 10.1. The van der Waals surface area contributed by atoms with E-state index in [1.165, 1.54) is 31.4 Å². The number of halogens is 3. The molecule has 1 aromatic carbocycles. The molecule has 0 aliphatic carbocycles. The molecule has 0 saturated heterocycles. The number of pyridine rings is 1. The Balaban J connectivity index is 1.89. The van der Waals surface area contributed by atoms with Crippen LogP contribution >= 0.6 is 0 Å². The number of aromatic nitrogens is 3. The first-order valence-electron chi connectivity index (χ1n) is 11.2. The van der Waals surface area contributed by atoms with Crippen molar-refractivity contribution in [3.63, 3.8) is 0 Å². The van der Waals surface area contributed by atoms with E-state index in [2.05, 4.69) is 25.6 Å². The summed E-state index contributed by atoms with van der Waals surface area (Å²) in [6.45, 7) is 4.97. The van der Waals surface area contributed by atoms with Crippen molar-refractivity contribution < 1.29 is 31.1 Å². The Morgan fingerprint density at radius 3 is 2.45 bits per heavy atom. The van der Waals surface area contributed by atoms with Gasteiger partial charge in [0.05, 0.1) is 11.8 Å². The second-order valence-electron chi connectivity index (χ2n) is 9.23. The number of nitrogens with zero attached hydrogens (tertiary/aromatic N) is 4. The summed E-state index contributed by atoms with van der Waals surface area (Å²) >= 11 is 0. The Kier molecular flexibility index (Phi) is 8.15.